The van der Waals surface area contributed by atoms with Gasteiger partial charge in [-0.2, -0.15) is 0 Å². The van der Waals surface area contributed by atoms with Gasteiger partial charge in [-0.25, -0.2) is 0 Å². The zero-order chi connectivity index (χ0) is 8.81. The largest absolute Gasteiger partial charge is 0.395 e. The van der Waals surface area contributed by atoms with Gasteiger partial charge in [-0.1, -0.05) is 19.8 Å². The number of rotatable bonds is 5. The van der Waals surface area contributed by atoms with Gasteiger partial charge in [0.2, 0.25) is 0 Å². The number of hydrogen-bond acceptors (Lipinski definition) is 2. The summed E-state index contributed by atoms with van der Waals surface area (Å²) in [5, 5.41) is 12.3. The first-order chi connectivity index (χ1) is 5.86. The van der Waals surface area contributed by atoms with Gasteiger partial charge in [-0.05, 0) is 31.7 Å². The van der Waals surface area contributed by atoms with Crippen molar-refractivity contribution < 1.29 is 5.11 Å². The molecule has 0 aliphatic heterocycles. The lowest BCUT2D eigenvalue weighted by Gasteiger charge is -2.16. The molecular weight excluding hydrogens is 150 g/mol. The standard InChI is InChI=1S/C10H21NO/c1-2-10(8-12)11-7-9-5-3-4-6-9/h9-12H,2-8H2,1H3/t10-/m1/s1. The molecular formula is C10H21NO. The van der Waals surface area contributed by atoms with Crippen LogP contribution < -0.4 is 5.32 Å². The van der Waals surface area contributed by atoms with Crippen molar-refractivity contribution in [2.24, 2.45) is 5.92 Å². The second-order valence-electron chi connectivity index (χ2n) is 3.85. The molecule has 0 aromatic rings. The highest BCUT2D eigenvalue weighted by atomic mass is 16.3. The summed E-state index contributed by atoms with van der Waals surface area (Å²) in [5.41, 5.74) is 0. The second kappa shape index (κ2) is 5.55. The summed E-state index contributed by atoms with van der Waals surface area (Å²) in [6, 6.07) is 0.325. The van der Waals surface area contributed by atoms with Crippen LogP contribution in [0, 0.1) is 5.92 Å². The monoisotopic (exact) mass is 171 g/mol. The highest BCUT2D eigenvalue weighted by Crippen LogP contribution is 2.23. The van der Waals surface area contributed by atoms with E-state index in [-0.39, 0.29) is 6.61 Å². The summed E-state index contributed by atoms with van der Waals surface area (Å²) in [7, 11) is 0. The van der Waals surface area contributed by atoms with Gasteiger partial charge in [0.1, 0.15) is 0 Å². The van der Waals surface area contributed by atoms with E-state index in [2.05, 4.69) is 12.2 Å². The van der Waals surface area contributed by atoms with Crippen LogP contribution in [-0.4, -0.2) is 24.3 Å². The third kappa shape index (κ3) is 3.11. The van der Waals surface area contributed by atoms with Crippen molar-refractivity contribution in [3.05, 3.63) is 0 Å². The van der Waals surface area contributed by atoms with Crippen molar-refractivity contribution >= 4 is 0 Å². The van der Waals surface area contributed by atoms with Gasteiger partial charge in [0.05, 0.1) is 6.61 Å². The van der Waals surface area contributed by atoms with Crippen LogP contribution in [0.2, 0.25) is 0 Å². The van der Waals surface area contributed by atoms with E-state index in [1.165, 1.54) is 25.7 Å². The maximum absolute atomic E-state index is 8.94. The summed E-state index contributed by atoms with van der Waals surface area (Å²) in [6.07, 6.45) is 6.61. The van der Waals surface area contributed by atoms with Gasteiger partial charge in [-0.3, -0.25) is 0 Å². The van der Waals surface area contributed by atoms with Gasteiger partial charge >= 0.3 is 0 Å². The maximum atomic E-state index is 8.94. The van der Waals surface area contributed by atoms with Crippen LogP contribution in [0.1, 0.15) is 39.0 Å². The Morgan fingerprint density at radius 1 is 1.42 bits per heavy atom. The lowest BCUT2D eigenvalue weighted by molar-refractivity contribution is 0.233. The number of nitrogens with one attached hydrogen (secondary N) is 1. The predicted octanol–water partition coefficient (Wildman–Crippen LogP) is 1.54. The van der Waals surface area contributed by atoms with Gasteiger partial charge < -0.3 is 10.4 Å². The fourth-order valence-electron chi connectivity index (χ4n) is 1.89. The molecule has 0 heterocycles. The first-order valence-corrected chi connectivity index (χ1v) is 5.21. The normalized spacial score (nSPS) is 21.5. The second-order valence-corrected chi connectivity index (χ2v) is 3.85. The molecule has 0 amide bonds. The molecule has 12 heavy (non-hydrogen) atoms. The smallest absolute Gasteiger partial charge is 0.0584 e. The lowest BCUT2D eigenvalue weighted by Crippen LogP contribution is -2.34. The van der Waals surface area contributed by atoms with Crippen LogP contribution in [0.15, 0.2) is 0 Å². The van der Waals surface area contributed by atoms with Crippen molar-refractivity contribution in [1.29, 1.82) is 0 Å². The molecule has 0 bridgehead atoms. The number of aliphatic hydroxyl groups excluding tert-OH is 1. The van der Waals surface area contributed by atoms with E-state index < -0.39 is 0 Å². The molecule has 0 unspecified atom stereocenters. The Bertz CT molecular complexity index is 104. The molecule has 72 valence electrons. The molecule has 2 nitrogen and oxygen atoms in total. The molecule has 2 heteroatoms. The van der Waals surface area contributed by atoms with Gasteiger partial charge in [0.15, 0.2) is 0 Å². The quantitative estimate of drug-likeness (QED) is 0.657. The van der Waals surface area contributed by atoms with E-state index >= 15 is 0 Å². The van der Waals surface area contributed by atoms with Crippen molar-refractivity contribution in [3.63, 3.8) is 0 Å². The zero-order valence-corrected chi connectivity index (χ0v) is 8.05. The highest BCUT2D eigenvalue weighted by molar-refractivity contribution is 4.72. The van der Waals surface area contributed by atoms with Crippen LogP contribution >= 0.6 is 0 Å². The summed E-state index contributed by atoms with van der Waals surface area (Å²) >= 11 is 0. The van der Waals surface area contributed by atoms with E-state index in [4.69, 9.17) is 5.11 Å². The lowest BCUT2D eigenvalue weighted by atomic mass is 10.1. The van der Waals surface area contributed by atoms with Crippen molar-refractivity contribution in [3.8, 4) is 0 Å². The third-order valence-electron chi connectivity index (χ3n) is 2.88. The fourth-order valence-corrected chi connectivity index (χ4v) is 1.89. The van der Waals surface area contributed by atoms with Crippen LogP contribution in [0.5, 0.6) is 0 Å². The molecule has 1 atom stereocenters. The Kier molecular flexibility index (Phi) is 4.62. The zero-order valence-electron chi connectivity index (χ0n) is 8.05. The summed E-state index contributed by atoms with van der Waals surface area (Å²) in [6.45, 7) is 3.50. The summed E-state index contributed by atoms with van der Waals surface area (Å²) in [5.74, 6) is 0.880. The van der Waals surface area contributed by atoms with E-state index in [1.54, 1.807) is 0 Å². The minimum absolute atomic E-state index is 0.281. The van der Waals surface area contributed by atoms with E-state index in [0.717, 1.165) is 18.9 Å². The Morgan fingerprint density at radius 3 is 2.58 bits per heavy atom. The first kappa shape index (κ1) is 10.0. The Hall–Kier alpha value is -0.0800. The average Bonchev–Trinajstić information content (AvgIpc) is 2.59. The molecule has 0 radical (unpaired) electrons. The first-order valence-electron chi connectivity index (χ1n) is 5.21. The molecule has 2 N–H and O–H groups in total. The molecule has 1 fully saturated rings. The minimum atomic E-state index is 0.281. The Balaban J connectivity index is 2.06. The van der Waals surface area contributed by atoms with Gasteiger partial charge in [0, 0.05) is 6.04 Å². The van der Waals surface area contributed by atoms with Crippen LogP contribution in [0.3, 0.4) is 0 Å². The van der Waals surface area contributed by atoms with Gasteiger partial charge in [0.25, 0.3) is 0 Å². The van der Waals surface area contributed by atoms with Crippen molar-refractivity contribution in [2.75, 3.05) is 13.2 Å². The van der Waals surface area contributed by atoms with Gasteiger partial charge in [-0.15, -0.1) is 0 Å². The molecule has 0 aromatic heterocycles. The predicted molar refractivity (Wildman–Crippen MR) is 51.1 cm³/mol. The molecule has 1 aliphatic rings. The molecule has 1 rings (SSSR count). The Morgan fingerprint density at radius 2 is 2.08 bits per heavy atom. The topological polar surface area (TPSA) is 32.3 Å². The molecule has 0 aromatic carbocycles. The minimum Gasteiger partial charge on any atom is -0.395 e. The van der Waals surface area contributed by atoms with Crippen LogP contribution in [0.25, 0.3) is 0 Å². The van der Waals surface area contributed by atoms with Crippen LogP contribution in [0.4, 0.5) is 0 Å². The average molecular weight is 171 g/mol. The molecule has 0 saturated heterocycles. The molecule has 0 spiro atoms. The third-order valence-corrected chi connectivity index (χ3v) is 2.88. The summed E-state index contributed by atoms with van der Waals surface area (Å²) in [4.78, 5) is 0. The SMILES string of the molecule is CC[C@H](CO)NCC1CCCC1. The highest BCUT2D eigenvalue weighted by Gasteiger charge is 2.15. The Labute approximate surface area is 75.4 Å². The molecule has 1 saturated carbocycles. The van der Waals surface area contributed by atoms with Crippen molar-refractivity contribution in [2.45, 2.75) is 45.1 Å². The van der Waals surface area contributed by atoms with E-state index in [9.17, 15) is 0 Å². The maximum Gasteiger partial charge on any atom is 0.0584 e. The molecule has 1 aliphatic carbocycles. The number of aliphatic hydroxyl groups is 1. The van der Waals surface area contributed by atoms with E-state index in [0.29, 0.717) is 6.04 Å². The van der Waals surface area contributed by atoms with Crippen LogP contribution in [-0.2, 0) is 0 Å². The summed E-state index contributed by atoms with van der Waals surface area (Å²) < 4.78 is 0. The van der Waals surface area contributed by atoms with Crippen molar-refractivity contribution in [1.82, 2.24) is 5.32 Å². The van der Waals surface area contributed by atoms with E-state index in [1.807, 2.05) is 0 Å². The fraction of sp³-hybridized carbons (Fsp3) is 1.00. The number of hydrogen-bond donors (Lipinski definition) is 2.